The summed E-state index contributed by atoms with van der Waals surface area (Å²) in [5.74, 6) is 1.53. The molecule has 7 nitrogen and oxygen atoms in total. The molecule has 0 unspecified atom stereocenters. The monoisotopic (exact) mass is 344 g/mol. The standard InChI is InChI=1S/C18H24N4O3/c1-24-15-3-5-16(6-4-15)25-14-12-20-17(23)18(7-10-19-11-8-18)22-13-2-9-21-22/h2-6,9,13,19H,7-8,10-12,14H2,1H3,(H,20,23). The molecule has 7 heteroatoms. The fourth-order valence-electron chi connectivity index (χ4n) is 3.09. The molecule has 2 N–H and O–H groups in total. The van der Waals surface area contributed by atoms with Crippen molar-refractivity contribution >= 4 is 5.91 Å². The highest BCUT2D eigenvalue weighted by molar-refractivity contribution is 5.84. The third-order valence-electron chi connectivity index (χ3n) is 4.51. The van der Waals surface area contributed by atoms with Crippen molar-refractivity contribution in [2.24, 2.45) is 0 Å². The van der Waals surface area contributed by atoms with Gasteiger partial charge >= 0.3 is 0 Å². The number of methoxy groups -OCH3 is 1. The zero-order valence-electron chi connectivity index (χ0n) is 14.4. The molecule has 1 aromatic heterocycles. The number of aromatic nitrogens is 2. The zero-order chi connectivity index (χ0) is 17.5. The largest absolute Gasteiger partial charge is 0.497 e. The van der Waals surface area contributed by atoms with Crippen molar-refractivity contribution in [3.8, 4) is 11.5 Å². The summed E-state index contributed by atoms with van der Waals surface area (Å²) >= 11 is 0. The van der Waals surface area contributed by atoms with Gasteiger partial charge in [-0.2, -0.15) is 5.10 Å². The summed E-state index contributed by atoms with van der Waals surface area (Å²) in [5, 5.41) is 10.6. The van der Waals surface area contributed by atoms with Crippen LogP contribution in [0.2, 0.25) is 0 Å². The molecule has 1 saturated heterocycles. The van der Waals surface area contributed by atoms with Crippen LogP contribution >= 0.6 is 0 Å². The summed E-state index contributed by atoms with van der Waals surface area (Å²) in [4.78, 5) is 12.8. The number of piperidine rings is 1. The first kappa shape index (κ1) is 17.3. The zero-order valence-corrected chi connectivity index (χ0v) is 14.4. The summed E-state index contributed by atoms with van der Waals surface area (Å²) in [6.07, 6.45) is 5.02. The predicted molar refractivity (Wildman–Crippen MR) is 93.8 cm³/mol. The van der Waals surface area contributed by atoms with Crippen molar-refractivity contribution in [3.63, 3.8) is 0 Å². The summed E-state index contributed by atoms with van der Waals surface area (Å²) in [7, 11) is 1.63. The molecule has 1 aliphatic heterocycles. The summed E-state index contributed by atoms with van der Waals surface area (Å²) in [6.45, 7) is 2.46. The molecule has 0 bridgehead atoms. The van der Waals surface area contributed by atoms with Crippen LogP contribution in [0.25, 0.3) is 0 Å². The Hall–Kier alpha value is -2.54. The van der Waals surface area contributed by atoms with E-state index in [1.807, 2.05) is 36.5 Å². The minimum Gasteiger partial charge on any atom is -0.497 e. The summed E-state index contributed by atoms with van der Waals surface area (Å²) < 4.78 is 12.6. The van der Waals surface area contributed by atoms with Crippen molar-refractivity contribution in [1.29, 1.82) is 0 Å². The van der Waals surface area contributed by atoms with E-state index in [9.17, 15) is 4.79 Å². The fourth-order valence-corrected chi connectivity index (χ4v) is 3.09. The van der Waals surface area contributed by atoms with Crippen LogP contribution in [-0.4, -0.2) is 49.0 Å². The maximum atomic E-state index is 12.8. The van der Waals surface area contributed by atoms with E-state index < -0.39 is 5.54 Å². The first-order valence-corrected chi connectivity index (χ1v) is 8.51. The van der Waals surface area contributed by atoms with Crippen LogP contribution in [0.4, 0.5) is 0 Å². The molecule has 1 aliphatic rings. The fraction of sp³-hybridized carbons (Fsp3) is 0.444. The van der Waals surface area contributed by atoms with E-state index in [-0.39, 0.29) is 5.91 Å². The minimum atomic E-state index is -0.616. The van der Waals surface area contributed by atoms with Gasteiger partial charge in [-0.05, 0) is 56.3 Å². The van der Waals surface area contributed by atoms with E-state index in [2.05, 4.69) is 15.7 Å². The van der Waals surface area contributed by atoms with Gasteiger partial charge in [0.15, 0.2) is 0 Å². The smallest absolute Gasteiger partial charge is 0.248 e. The van der Waals surface area contributed by atoms with Crippen LogP contribution in [0.3, 0.4) is 0 Å². The number of hydrogen-bond donors (Lipinski definition) is 2. The van der Waals surface area contributed by atoms with Crippen molar-refractivity contribution in [2.45, 2.75) is 18.4 Å². The first-order chi connectivity index (χ1) is 12.2. The van der Waals surface area contributed by atoms with Crippen LogP contribution in [0.1, 0.15) is 12.8 Å². The second-order valence-corrected chi connectivity index (χ2v) is 6.01. The molecule has 1 fully saturated rings. The third kappa shape index (κ3) is 3.93. The molecule has 0 atom stereocenters. The van der Waals surface area contributed by atoms with E-state index in [0.29, 0.717) is 13.2 Å². The molecule has 0 saturated carbocycles. The van der Waals surface area contributed by atoms with Crippen LogP contribution in [-0.2, 0) is 10.3 Å². The Morgan fingerprint density at radius 3 is 2.64 bits per heavy atom. The number of nitrogens with zero attached hydrogens (tertiary/aromatic N) is 2. The lowest BCUT2D eigenvalue weighted by atomic mass is 9.87. The molecule has 0 radical (unpaired) electrons. The molecular formula is C18H24N4O3. The van der Waals surface area contributed by atoms with Crippen molar-refractivity contribution in [3.05, 3.63) is 42.7 Å². The molecule has 2 aromatic rings. The highest BCUT2D eigenvalue weighted by Gasteiger charge is 2.41. The lowest BCUT2D eigenvalue weighted by molar-refractivity contribution is -0.132. The van der Waals surface area contributed by atoms with Gasteiger partial charge in [0.05, 0.1) is 13.7 Å². The maximum Gasteiger partial charge on any atom is 0.248 e. The molecule has 3 rings (SSSR count). The van der Waals surface area contributed by atoms with Crippen LogP contribution in [0.5, 0.6) is 11.5 Å². The van der Waals surface area contributed by atoms with Crippen LogP contribution in [0, 0.1) is 0 Å². The number of nitrogens with one attached hydrogen (secondary N) is 2. The Balaban J connectivity index is 1.53. The van der Waals surface area contributed by atoms with Crippen molar-refractivity contribution in [1.82, 2.24) is 20.4 Å². The van der Waals surface area contributed by atoms with Crippen LogP contribution < -0.4 is 20.1 Å². The maximum absolute atomic E-state index is 12.8. The average Bonchev–Trinajstić information content (AvgIpc) is 3.21. The first-order valence-electron chi connectivity index (χ1n) is 8.51. The van der Waals surface area contributed by atoms with Crippen molar-refractivity contribution < 1.29 is 14.3 Å². The molecule has 1 aromatic carbocycles. The van der Waals surface area contributed by atoms with Gasteiger partial charge in [-0.3, -0.25) is 9.48 Å². The molecule has 1 amide bonds. The third-order valence-corrected chi connectivity index (χ3v) is 4.51. The van der Waals surface area contributed by atoms with Gasteiger partial charge in [0.25, 0.3) is 0 Å². The quantitative estimate of drug-likeness (QED) is 0.737. The summed E-state index contributed by atoms with van der Waals surface area (Å²) in [5.41, 5.74) is -0.616. The Bertz CT molecular complexity index is 664. The van der Waals surface area contributed by atoms with Gasteiger partial charge in [0.1, 0.15) is 23.6 Å². The van der Waals surface area contributed by atoms with Gasteiger partial charge in [-0.25, -0.2) is 0 Å². The number of carbonyl (C=O) groups excluding carboxylic acids is 1. The number of amides is 1. The second kappa shape index (κ2) is 8.02. The lowest BCUT2D eigenvalue weighted by Gasteiger charge is -2.36. The average molecular weight is 344 g/mol. The predicted octanol–water partition coefficient (Wildman–Crippen LogP) is 1.17. The molecule has 25 heavy (non-hydrogen) atoms. The summed E-state index contributed by atoms with van der Waals surface area (Å²) in [6, 6.07) is 9.23. The second-order valence-electron chi connectivity index (χ2n) is 6.01. The Morgan fingerprint density at radius 1 is 1.28 bits per heavy atom. The van der Waals surface area contributed by atoms with Gasteiger partial charge in [0.2, 0.25) is 5.91 Å². The molecule has 134 valence electrons. The molecular weight excluding hydrogens is 320 g/mol. The number of ether oxygens (including phenoxy) is 2. The highest BCUT2D eigenvalue weighted by Crippen LogP contribution is 2.27. The number of carbonyl (C=O) groups is 1. The van der Waals surface area contributed by atoms with Gasteiger partial charge in [-0.1, -0.05) is 0 Å². The Kier molecular flexibility index (Phi) is 5.55. The molecule has 0 spiro atoms. The number of rotatable bonds is 7. The van der Waals surface area contributed by atoms with Gasteiger partial charge < -0.3 is 20.1 Å². The minimum absolute atomic E-state index is 0.00368. The van der Waals surface area contributed by atoms with Gasteiger partial charge in [-0.15, -0.1) is 0 Å². The molecule has 2 heterocycles. The van der Waals surface area contributed by atoms with Crippen molar-refractivity contribution in [2.75, 3.05) is 33.4 Å². The number of hydrogen-bond acceptors (Lipinski definition) is 5. The Morgan fingerprint density at radius 2 is 2.00 bits per heavy atom. The van der Waals surface area contributed by atoms with E-state index in [4.69, 9.17) is 9.47 Å². The molecule has 0 aliphatic carbocycles. The SMILES string of the molecule is COc1ccc(OCCNC(=O)C2(n3cccn3)CCNCC2)cc1. The normalized spacial score (nSPS) is 16.2. The highest BCUT2D eigenvalue weighted by atomic mass is 16.5. The van der Waals surface area contributed by atoms with E-state index in [1.54, 1.807) is 18.0 Å². The van der Waals surface area contributed by atoms with Gasteiger partial charge in [0, 0.05) is 12.4 Å². The topological polar surface area (TPSA) is 77.4 Å². The van der Waals surface area contributed by atoms with E-state index >= 15 is 0 Å². The van der Waals surface area contributed by atoms with Crippen LogP contribution in [0.15, 0.2) is 42.7 Å². The lowest BCUT2D eigenvalue weighted by Crippen LogP contribution is -2.55. The van der Waals surface area contributed by atoms with E-state index in [1.165, 1.54) is 0 Å². The number of benzene rings is 1. The Labute approximate surface area is 147 Å². The van der Waals surface area contributed by atoms with E-state index in [0.717, 1.165) is 37.4 Å².